The summed E-state index contributed by atoms with van der Waals surface area (Å²) in [6.07, 6.45) is 1.53. The number of benzene rings is 1. The predicted molar refractivity (Wildman–Crippen MR) is 76.6 cm³/mol. The highest BCUT2D eigenvalue weighted by atomic mass is 16.5. The first-order chi connectivity index (χ1) is 9.67. The standard InChI is InChI=1S/C14H21N3O3/c1-19-12-7-10-3-5-17(6-4-14(15)16-18)9-11(10)8-13(12)20-2/h7-8,18H,3-6,9H2,1-2H3,(H2,15,16). The van der Waals surface area contributed by atoms with Crippen LogP contribution in [0.25, 0.3) is 0 Å². The van der Waals surface area contributed by atoms with Crippen LogP contribution in [0.2, 0.25) is 0 Å². The summed E-state index contributed by atoms with van der Waals surface area (Å²) in [5.41, 5.74) is 8.04. The summed E-state index contributed by atoms with van der Waals surface area (Å²) >= 11 is 0. The Balaban J connectivity index is 2.09. The molecule has 0 amide bonds. The van der Waals surface area contributed by atoms with Gasteiger partial charge in [0, 0.05) is 26.1 Å². The van der Waals surface area contributed by atoms with Crippen LogP contribution < -0.4 is 15.2 Å². The van der Waals surface area contributed by atoms with Crippen LogP contribution in [0.3, 0.4) is 0 Å². The fraction of sp³-hybridized carbons (Fsp3) is 0.500. The lowest BCUT2D eigenvalue weighted by atomic mass is 9.98. The highest BCUT2D eigenvalue weighted by Gasteiger charge is 2.19. The molecule has 0 fully saturated rings. The van der Waals surface area contributed by atoms with Gasteiger partial charge in [-0.25, -0.2) is 0 Å². The third-order valence-electron chi connectivity index (χ3n) is 3.61. The minimum atomic E-state index is 0.267. The number of methoxy groups -OCH3 is 2. The van der Waals surface area contributed by atoms with E-state index in [2.05, 4.69) is 16.1 Å². The molecule has 0 unspecified atom stereocenters. The first-order valence-electron chi connectivity index (χ1n) is 6.60. The number of nitrogens with zero attached hydrogens (tertiary/aromatic N) is 2. The van der Waals surface area contributed by atoms with Crippen molar-refractivity contribution in [2.75, 3.05) is 27.3 Å². The minimum absolute atomic E-state index is 0.267. The zero-order chi connectivity index (χ0) is 14.5. The number of ether oxygens (including phenoxy) is 2. The topological polar surface area (TPSA) is 80.3 Å². The second kappa shape index (κ2) is 6.47. The maximum absolute atomic E-state index is 8.56. The molecule has 0 aliphatic carbocycles. The number of amidine groups is 1. The third kappa shape index (κ3) is 3.14. The van der Waals surface area contributed by atoms with Crippen molar-refractivity contribution in [2.45, 2.75) is 19.4 Å². The van der Waals surface area contributed by atoms with Crippen molar-refractivity contribution in [1.29, 1.82) is 0 Å². The van der Waals surface area contributed by atoms with Crippen molar-refractivity contribution in [3.05, 3.63) is 23.3 Å². The minimum Gasteiger partial charge on any atom is -0.493 e. The molecule has 0 saturated heterocycles. The van der Waals surface area contributed by atoms with Gasteiger partial charge in [0.2, 0.25) is 0 Å². The fourth-order valence-corrected chi connectivity index (χ4v) is 2.46. The molecule has 1 aliphatic rings. The van der Waals surface area contributed by atoms with Gasteiger partial charge in [-0.05, 0) is 29.7 Å². The second-order valence-corrected chi connectivity index (χ2v) is 4.84. The van der Waals surface area contributed by atoms with Crippen LogP contribution in [0.4, 0.5) is 0 Å². The highest BCUT2D eigenvalue weighted by Crippen LogP contribution is 2.33. The Morgan fingerprint density at radius 2 is 1.95 bits per heavy atom. The summed E-state index contributed by atoms with van der Waals surface area (Å²) in [5, 5.41) is 11.6. The molecule has 110 valence electrons. The van der Waals surface area contributed by atoms with Gasteiger partial charge in [-0.2, -0.15) is 0 Å². The molecule has 0 saturated carbocycles. The quantitative estimate of drug-likeness (QED) is 0.366. The molecule has 1 heterocycles. The molecule has 2 rings (SSSR count). The van der Waals surface area contributed by atoms with Crippen molar-refractivity contribution in [3.63, 3.8) is 0 Å². The average Bonchev–Trinajstić information content (AvgIpc) is 2.50. The van der Waals surface area contributed by atoms with E-state index >= 15 is 0 Å². The van der Waals surface area contributed by atoms with Gasteiger partial charge in [0.15, 0.2) is 11.5 Å². The van der Waals surface area contributed by atoms with Crippen LogP contribution in [0, 0.1) is 0 Å². The van der Waals surface area contributed by atoms with Crippen LogP contribution in [0.5, 0.6) is 11.5 Å². The lowest BCUT2D eigenvalue weighted by molar-refractivity contribution is 0.257. The van der Waals surface area contributed by atoms with Crippen molar-refractivity contribution in [1.82, 2.24) is 4.90 Å². The zero-order valence-corrected chi connectivity index (χ0v) is 11.9. The molecule has 1 aliphatic heterocycles. The van der Waals surface area contributed by atoms with E-state index in [-0.39, 0.29) is 5.84 Å². The van der Waals surface area contributed by atoms with Crippen molar-refractivity contribution in [3.8, 4) is 11.5 Å². The Hall–Kier alpha value is -1.95. The molecule has 20 heavy (non-hydrogen) atoms. The van der Waals surface area contributed by atoms with Crippen molar-refractivity contribution in [2.24, 2.45) is 10.9 Å². The number of fused-ring (bicyclic) bond motifs is 1. The largest absolute Gasteiger partial charge is 0.493 e. The summed E-state index contributed by atoms with van der Waals surface area (Å²) in [6.45, 7) is 2.58. The summed E-state index contributed by atoms with van der Waals surface area (Å²) in [5.74, 6) is 1.80. The fourth-order valence-electron chi connectivity index (χ4n) is 2.46. The van der Waals surface area contributed by atoms with Crippen LogP contribution in [0.1, 0.15) is 17.5 Å². The second-order valence-electron chi connectivity index (χ2n) is 4.84. The van der Waals surface area contributed by atoms with E-state index in [1.54, 1.807) is 14.2 Å². The molecule has 0 spiro atoms. The third-order valence-corrected chi connectivity index (χ3v) is 3.61. The Bertz CT molecular complexity index is 503. The smallest absolute Gasteiger partial charge is 0.161 e. The summed E-state index contributed by atoms with van der Waals surface area (Å²) in [6, 6.07) is 4.08. The summed E-state index contributed by atoms with van der Waals surface area (Å²) < 4.78 is 10.7. The Kier molecular flexibility index (Phi) is 4.68. The van der Waals surface area contributed by atoms with Gasteiger partial charge in [-0.15, -0.1) is 0 Å². The van der Waals surface area contributed by atoms with Crippen molar-refractivity contribution >= 4 is 5.84 Å². The Labute approximate surface area is 118 Å². The average molecular weight is 279 g/mol. The number of hydrogen-bond donors (Lipinski definition) is 2. The molecule has 3 N–H and O–H groups in total. The van der Waals surface area contributed by atoms with E-state index in [0.29, 0.717) is 6.42 Å². The van der Waals surface area contributed by atoms with Gasteiger partial charge >= 0.3 is 0 Å². The van der Waals surface area contributed by atoms with Crippen LogP contribution in [-0.2, 0) is 13.0 Å². The number of rotatable bonds is 5. The van der Waals surface area contributed by atoms with E-state index in [1.807, 2.05) is 6.07 Å². The first kappa shape index (κ1) is 14.5. The molecule has 0 radical (unpaired) electrons. The maximum Gasteiger partial charge on any atom is 0.161 e. The maximum atomic E-state index is 8.56. The van der Waals surface area contributed by atoms with Crippen molar-refractivity contribution < 1.29 is 14.7 Å². The molecular weight excluding hydrogens is 258 g/mol. The van der Waals surface area contributed by atoms with Gasteiger partial charge < -0.3 is 20.4 Å². The lowest BCUT2D eigenvalue weighted by Gasteiger charge is -2.29. The van der Waals surface area contributed by atoms with E-state index in [4.69, 9.17) is 20.4 Å². The van der Waals surface area contributed by atoms with Crippen LogP contribution in [0.15, 0.2) is 17.3 Å². The SMILES string of the molecule is COc1cc2c(cc1OC)CN(CC/C(N)=N/O)CC2. The zero-order valence-electron chi connectivity index (χ0n) is 11.9. The molecule has 1 aromatic rings. The van der Waals surface area contributed by atoms with Gasteiger partial charge in [0.05, 0.1) is 14.2 Å². The van der Waals surface area contributed by atoms with E-state index in [1.165, 1.54) is 11.1 Å². The number of hydrogen-bond acceptors (Lipinski definition) is 5. The highest BCUT2D eigenvalue weighted by molar-refractivity contribution is 5.79. The predicted octanol–water partition coefficient (Wildman–Crippen LogP) is 1.20. The van der Waals surface area contributed by atoms with Crippen LogP contribution in [-0.4, -0.2) is 43.3 Å². The van der Waals surface area contributed by atoms with Gasteiger partial charge in [0.1, 0.15) is 5.84 Å². The number of nitrogens with two attached hydrogens (primary N) is 1. The Morgan fingerprint density at radius 3 is 2.55 bits per heavy atom. The molecule has 6 nitrogen and oxygen atoms in total. The first-order valence-corrected chi connectivity index (χ1v) is 6.60. The molecule has 0 bridgehead atoms. The normalized spacial score (nSPS) is 15.8. The van der Waals surface area contributed by atoms with Gasteiger partial charge in [-0.3, -0.25) is 4.90 Å². The molecule has 0 atom stereocenters. The van der Waals surface area contributed by atoms with E-state index in [9.17, 15) is 0 Å². The summed E-state index contributed by atoms with van der Waals surface area (Å²) in [4.78, 5) is 2.28. The van der Waals surface area contributed by atoms with Gasteiger partial charge in [0.25, 0.3) is 0 Å². The molecular formula is C14H21N3O3. The molecule has 0 aromatic heterocycles. The molecule has 1 aromatic carbocycles. The van der Waals surface area contributed by atoms with Gasteiger partial charge in [-0.1, -0.05) is 5.16 Å². The monoisotopic (exact) mass is 279 g/mol. The van der Waals surface area contributed by atoms with E-state index in [0.717, 1.165) is 37.6 Å². The summed E-state index contributed by atoms with van der Waals surface area (Å²) in [7, 11) is 3.29. The molecule has 6 heteroatoms. The number of oxime groups is 1. The lowest BCUT2D eigenvalue weighted by Crippen LogP contribution is -2.33. The van der Waals surface area contributed by atoms with Crippen LogP contribution >= 0.6 is 0 Å². The van der Waals surface area contributed by atoms with E-state index < -0.39 is 0 Å². The Morgan fingerprint density at radius 1 is 1.30 bits per heavy atom.